The van der Waals surface area contributed by atoms with Crippen LogP contribution in [0, 0.1) is 0 Å². The predicted molar refractivity (Wildman–Crippen MR) is 94.0 cm³/mol. The summed E-state index contributed by atoms with van der Waals surface area (Å²) in [6.45, 7) is 3.03. The fourth-order valence-electron chi connectivity index (χ4n) is 2.58. The molecular formula is C19H22N4O. The highest BCUT2D eigenvalue weighted by Crippen LogP contribution is 2.18. The van der Waals surface area contributed by atoms with Gasteiger partial charge in [0.15, 0.2) is 0 Å². The molecule has 0 saturated heterocycles. The van der Waals surface area contributed by atoms with E-state index in [4.69, 9.17) is 10.2 Å². The Morgan fingerprint density at radius 1 is 0.875 bits per heavy atom. The summed E-state index contributed by atoms with van der Waals surface area (Å²) in [4.78, 5) is 2.28. The lowest BCUT2D eigenvalue weighted by molar-refractivity contribution is 0.230. The van der Waals surface area contributed by atoms with Gasteiger partial charge in [0, 0.05) is 18.7 Å². The molecule has 0 bridgehead atoms. The maximum Gasteiger partial charge on any atom is 0.247 e. The largest absolute Gasteiger partial charge is 0.419 e. The number of hydrogen-bond acceptors (Lipinski definition) is 5. The summed E-state index contributed by atoms with van der Waals surface area (Å²) in [5.41, 5.74) is 7.86. The summed E-state index contributed by atoms with van der Waals surface area (Å²) >= 11 is 0. The third-order valence-electron chi connectivity index (χ3n) is 3.77. The van der Waals surface area contributed by atoms with Crippen molar-refractivity contribution < 1.29 is 4.42 Å². The molecule has 3 aromatic rings. The smallest absolute Gasteiger partial charge is 0.247 e. The number of rotatable bonds is 8. The molecule has 0 saturated carbocycles. The van der Waals surface area contributed by atoms with Gasteiger partial charge in [0.05, 0.1) is 6.54 Å². The van der Waals surface area contributed by atoms with E-state index in [0.29, 0.717) is 24.9 Å². The zero-order valence-electron chi connectivity index (χ0n) is 13.6. The average molecular weight is 322 g/mol. The van der Waals surface area contributed by atoms with Gasteiger partial charge in [0.2, 0.25) is 11.8 Å². The minimum Gasteiger partial charge on any atom is -0.419 e. The van der Waals surface area contributed by atoms with Gasteiger partial charge in [-0.2, -0.15) is 0 Å². The molecule has 0 aliphatic heterocycles. The molecule has 0 unspecified atom stereocenters. The van der Waals surface area contributed by atoms with Crippen LogP contribution < -0.4 is 5.73 Å². The van der Waals surface area contributed by atoms with Crippen LogP contribution in [-0.2, 0) is 13.1 Å². The molecule has 1 aromatic heterocycles. The van der Waals surface area contributed by atoms with Crippen LogP contribution in [0.2, 0.25) is 0 Å². The highest BCUT2D eigenvalue weighted by molar-refractivity contribution is 5.51. The zero-order valence-corrected chi connectivity index (χ0v) is 13.6. The van der Waals surface area contributed by atoms with E-state index in [1.54, 1.807) is 0 Å². The number of hydrogen-bond donors (Lipinski definition) is 1. The van der Waals surface area contributed by atoms with Crippen LogP contribution in [0.3, 0.4) is 0 Å². The van der Waals surface area contributed by atoms with Gasteiger partial charge < -0.3 is 10.2 Å². The fraction of sp³-hybridized carbons (Fsp3) is 0.263. The Morgan fingerprint density at radius 3 is 2.29 bits per heavy atom. The van der Waals surface area contributed by atoms with E-state index in [9.17, 15) is 0 Å². The zero-order chi connectivity index (χ0) is 16.6. The summed E-state index contributed by atoms with van der Waals surface area (Å²) in [6.07, 6.45) is 0.937. The van der Waals surface area contributed by atoms with Gasteiger partial charge in [-0.15, -0.1) is 10.2 Å². The Kier molecular flexibility index (Phi) is 5.71. The Labute approximate surface area is 142 Å². The Hall–Kier alpha value is -2.50. The van der Waals surface area contributed by atoms with Crippen molar-refractivity contribution in [1.29, 1.82) is 0 Å². The number of nitrogens with zero attached hydrogens (tertiary/aromatic N) is 3. The third-order valence-corrected chi connectivity index (χ3v) is 3.77. The van der Waals surface area contributed by atoms with E-state index in [1.165, 1.54) is 5.56 Å². The van der Waals surface area contributed by atoms with E-state index >= 15 is 0 Å². The molecule has 0 radical (unpaired) electrons. The lowest BCUT2D eigenvalue weighted by Crippen LogP contribution is -2.25. The maximum absolute atomic E-state index is 5.82. The lowest BCUT2D eigenvalue weighted by Gasteiger charge is -2.20. The first-order chi connectivity index (χ1) is 11.8. The Balaban J connectivity index is 1.69. The molecule has 5 heteroatoms. The minimum absolute atomic E-state index is 0.559. The first-order valence-corrected chi connectivity index (χ1v) is 8.19. The van der Waals surface area contributed by atoms with Gasteiger partial charge in [-0.25, -0.2) is 0 Å². The van der Waals surface area contributed by atoms with Crippen molar-refractivity contribution in [1.82, 2.24) is 15.1 Å². The molecule has 0 amide bonds. The number of aromatic nitrogens is 2. The average Bonchev–Trinajstić information content (AvgIpc) is 3.10. The summed E-state index contributed by atoms with van der Waals surface area (Å²) in [7, 11) is 0. The van der Waals surface area contributed by atoms with Crippen molar-refractivity contribution in [3.05, 3.63) is 72.1 Å². The van der Waals surface area contributed by atoms with Crippen molar-refractivity contribution in [3.63, 3.8) is 0 Å². The summed E-state index contributed by atoms with van der Waals surface area (Å²) in [6, 6.07) is 20.2. The number of benzene rings is 2. The van der Waals surface area contributed by atoms with Gasteiger partial charge in [-0.3, -0.25) is 4.90 Å². The Morgan fingerprint density at radius 2 is 1.58 bits per heavy atom. The fourth-order valence-corrected chi connectivity index (χ4v) is 2.58. The van der Waals surface area contributed by atoms with Crippen LogP contribution in [0.4, 0.5) is 0 Å². The Bertz CT molecular complexity index is 727. The van der Waals surface area contributed by atoms with E-state index in [1.807, 2.05) is 36.4 Å². The van der Waals surface area contributed by atoms with Crippen LogP contribution in [-0.4, -0.2) is 28.2 Å². The van der Waals surface area contributed by atoms with Crippen molar-refractivity contribution in [3.8, 4) is 11.5 Å². The van der Waals surface area contributed by atoms with Gasteiger partial charge in [-0.1, -0.05) is 48.5 Å². The molecule has 24 heavy (non-hydrogen) atoms. The molecule has 2 aromatic carbocycles. The number of nitrogens with two attached hydrogens (primary N) is 1. The normalized spacial score (nSPS) is 11.1. The minimum atomic E-state index is 0.559. The van der Waals surface area contributed by atoms with Gasteiger partial charge in [-0.05, 0) is 30.7 Å². The molecule has 1 heterocycles. The second kappa shape index (κ2) is 8.38. The predicted octanol–water partition coefficient (Wildman–Crippen LogP) is 3.09. The first kappa shape index (κ1) is 16.4. The first-order valence-electron chi connectivity index (χ1n) is 8.19. The molecule has 5 nitrogen and oxygen atoms in total. The molecule has 0 atom stereocenters. The molecule has 0 aliphatic carbocycles. The van der Waals surface area contributed by atoms with Crippen molar-refractivity contribution in [2.24, 2.45) is 5.73 Å². The van der Waals surface area contributed by atoms with Crippen LogP contribution in [0.5, 0.6) is 0 Å². The SMILES string of the molecule is NCCCN(Cc1ccccc1)Cc1nnc(-c2ccccc2)o1. The van der Waals surface area contributed by atoms with Crippen molar-refractivity contribution in [2.45, 2.75) is 19.5 Å². The van der Waals surface area contributed by atoms with E-state index < -0.39 is 0 Å². The van der Waals surface area contributed by atoms with Crippen LogP contribution in [0.1, 0.15) is 17.9 Å². The van der Waals surface area contributed by atoms with Gasteiger partial charge in [0.25, 0.3) is 0 Å². The van der Waals surface area contributed by atoms with E-state index in [0.717, 1.165) is 25.1 Å². The lowest BCUT2D eigenvalue weighted by atomic mass is 10.2. The van der Waals surface area contributed by atoms with Gasteiger partial charge >= 0.3 is 0 Å². The van der Waals surface area contributed by atoms with Crippen molar-refractivity contribution in [2.75, 3.05) is 13.1 Å². The topological polar surface area (TPSA) is 68.2 Å². The summed E-state index contributed by atoms with van der Waals surface area (Å²) in [5, 5.41) is 8.35. The molecule has 0 aliphatic rings. The molecule has 2 N–H and O–H groups in total. The third kappa shape index (κ3) is 4.50. The summed E-state index contributed by atoms with van der Waals surface area (Å²) < 4.78 is 5.82. The summed E-state index contributed by atoms with van der Waals surface area (Å²) in [5.74, 6) is 1.19. The molecule has 3 rings (SSSR count). The molecule has 0 spiro atoms. The molecule has 0 fully saturated rings. The van der Waals surface area contributed by atoms with Crippen LogP contribution in [0.15, 0.2) is 65.1 Å². The molecular weight excluding hydrogens is 300 g/mol. The monoisotopic (exact) mass is 322 g/mol. The second-order valence-corrected chi connectivity index (χ2v) is 5.71. The van der Waals surface area contributed by atoms with Crippen LogP contribution >= 0.6 is 0 Å². The van der Waals surface area contributed by atoms with Crippen LogP contribution in [0.25, 0.3) is 11.5 Å². The maximum atomic E-state index is 5.82. The van der Waals surface area contributed by atoms with Gasteiger partial charge in [0.1, 0.15) is 0 Å². The molecule has 124 valence electrons. The van der Waals surface area contributed by atoms with E-state index in [-0.39, 0.29) is 0 Å². The quantitative estimate of drug-likeness (QED) is 0.690. The van der Waals surface area contributed by atoms with E-state index in [2.05, 4.69) is 39.4 Å². The standard InChI is InChI=1S/C19H22N4O/c20-12-7-13-23(14-16-8-3-1-4-9-16)15-18-21-22-19(24-18)17-10-5-2-6-11-17/h1-6,8-11H,7,12-15,20H2. The van der Waals surface area contributed by atoms with Crippen molar-refractivity contribution >= 4 is 0 Å². The second-order valence-electron chi connectivity index (χ2n) is 5.71. The highest BCUT2D eigenvalue weighted by atomic mass is 16.4. The highest BCUT2D eigenvalue weighted by Gasteiger charge is 2.13.